The normalized spacial score (nSPS) is 30.7. The minimum Gasteiger partial charge on any atom is -0.492 e. The van der Waals surface area contributed by atoms with Crippen molar-refractivity contribution in [1.82, 2.24) is 0 Å². The van der Waals surface area contributed by atoms with Crippen molar-refractivity contribution in [1.29, 1.82) is 0 Å². The van der Waals surface area contributed by atoms with Crippen LogP contribution in [-0.4, -0.2) is 16.5 Å². The SMILES string of the molecule is CC1(O)c2ccc(F)cc2OCC1Br. The van der Waals surface area contributed by atoms with Gasteiger partial charge in [-0.3, -0.25) is 0 Å². The lowest BCUT2D eigenvalue weighted by Crippen LogP contribution is -2.40. The van der Waals surface area contributed by atoms with Crippen molar-refractivity contribution in [3.8, 4) is 5.75 Å². The Morgan fingerprint density at radius 2 is 2.36 bits per heavy atom. The van der Waals surface area contributed by atoms with Crippen LogP contribution in [0.5, 0.6) is 5.75 Å². The molecular weight excluding hydrogens is 251 g/mol. The molecule has 0 saturated carbocycles. The van der Waals surface area contributed by atoms with Gasteiger partial charge in [0.05, 0.1) is 4.83 Å². The molecule has 2 atom stereocenters. The van der Waals surface area contributed by atoms with Crippen molar-refractivity contribution in [2.45, 2.75) is 17.4 Å². The van der Waals surface area contributed by atoms with Crippen LogP contribution in [0.3, 0.4) is 0 Å². The van der Waals surface area contributed by atoms with Crippen molar-refractivity contribution in [2.24, 2.45) is 0 Å². The van der Waals surface area contributed by atoms with Crippen molar-refractivity contribution >= 4 is 15.9 Å². The first-order valence-corrected chi connectivity index (χ1v) is 5.22. The molecule has 0 fully saturated rings. The van der Waals surface area contributed by atoms with E-state index in [1.54, 1.807) is 13.0 Å². The monoisotopic (exact) mass is 260 g/mol. The van der Waals surface area contributed by atoms with Gasteiger partial charge in [-0.05, 0) is 19.1 Å². The van der Waals surface area contributed by atoms with Crippen molar-refractivity contribution in [3.05, 3.63) is 29.6 Å². The van der Waals surface area contributed by atoms with E-state index in [0.717, 1.165) is 0 Å². The summed E-state index contributed by atoms with van der Waals surface area (Å²) in [5.74, 6) is 0.0678. The number of benzene rings is 1. The smallest absolute Gasteiger partial charge is 0.128 e. The third-order valence-corrected chi connectivity index (χ3v) is 3.64. The van der Waals surface area contributed by atoms with E-state index in [4.69, 9.17) is 4.74 Å². The van der Waals surface area contributed by atoms with Crippen LogP contribution in [-0.2, 0) is 5.60 Å². The van der Waals surface area contributed by atoms with Gasteiger partial charge in [0.2, 0.25) is 0 Å². The molecule has 2 nitrogen and oxygen atoms in total. The number of halogens is 2. The van der Waals surface area contributed by atoms with Gasteiger partial charge in [0.25, 0.3) is 0 Å². The van der Waals surface area contributed by atoms with E-state index >= 15 is 0 Å². The van der Waals surface area contributed by atoms with Gasteiger partial charge in [0.15, 0.2) is 0 Å². The van der Waals surface area contributed by atoms with Gasteiger partial charge in [0, 0.05) is 11.6 Å². The van der Waals surface area contributed by atoms with Crippen LogP contribution >= 0.6 is 15.9 Å². The molecule has 0 aromatic heterocycles. The molecular formula is C10H10BrFO2. The van der Waals surface area contributed by atoms with Crippen LogP contribution in [0, 0.1) is 5.82 Å². The first-order chi connectivity index (χ1) is 6.51. The molecule has 0 saturated heterocycles. The lowest BCUT2D eigenvalue weighted by molar-refractivity contribution is 0.0240. The largest absolute Gasteiger partial charge is 0.492 e. The summed E-state index contributed by atoms with van der Waals surface area (Å²) in [5, 5.41) is 10.1. The summed E-state index contributed by atoms with van der Waals surface area (Å²) in [5.41, 5.74) is -0.395. The quantitative estimate of drug-likeness (QED) is 0.725. The first-order valence-electron chi connectivity index (χ1n) is 4.31. The van der Waals surface area contributed by atoms with Gasteiger partial charge < -0.3 is 9.84 Å². The second-order valence-corrected chi connectivity index (χ2v) is 4.67. The van der Waals surface area contributed by atoms with Gasteiger partial charge in [0.1, 0.15) is 23.8 Å². The fourth-order valence-corrected chi connectivity index (χ4v) is 1.91. The third kappa shape index (κ3) is 1.42. The fourth-order valence-electron chi connectivity index (χ4n) is 1.53. The van der Waals surface area contributed by atoms with Crippen LogP contribution in [0.2, 0.25) is 0 Å². The predicted octanol–water partition coefficient (Wildman–Crippen LogP) is 2.19. The van der Waals surface area contributed by atoms with Gasteiger partial charge >= 0.3 is 0 Å². The maximum atomic E-state index is 12.9. The lowest BCUT2D eigenvalue weighted by Gasteiger charge is -2.35. The van der Waals surface area contributed by atoms with E-state index in [9.17, 15) is 9.50 Å². The Hall–Kier alpha value is -0.610. The Balaban J connectivity index is 2.53. The van der Waals surface area contributed by atoms with Gasteiger partial charge in [-0.15, -0.1) is 0 Å². The number of rotatable bonds is 0. The summed E-state index contributed by atoms with van der Waals surface area (Å²) in [4.78, 5) is -0.173. The van der Waals surface area contributed by atoms with E-state index in [-0.39, 0.29) is 10.6 Å². The number of ether oxygens (including phenoxy) is 1. The molecule has 0 bridgehead atoms. The molecule has 1 heterocycles. The topological polar surface area (TPSA) is 29.5 Å². The zero-order valence-corrected chi connectivity index (χ0v) is 9.21. The Kier molecular flexibility index (Phi) is 2.27. The summed E-state index contributed by atoms with van der Waals surface area (Å²) in [6.07, 6.45) is 0. The molecule has 0 radical (unpaired) electrons. The minimum absolute atomic E-state index is 0.173. The molecule has 0 aliphatic carbocycles. The highest BCUT2D eigenvalue weighted by atomic mass is 79.9. The number of hydrogen-bond donors (Lipinski definition) is 1. The van der Waals surface area contributed by atoms with Crippen LogP contribution in [0.25, 0.3) is 0 Å². The second kappa shape index (κ2) is 3.21. The highest BCUT2D eigenvalue weighted by Gasteiger charge is 2.38. The average molecular weight is 261 g/mol. The molecule has 1 aromatic rings. The molecule has 1 N–H and O–H groups in total. The van der Waals surface area contributed by atoms with E-state index in [1.807, 2.05) is 0 Å². The summed E-state index contributed by atoms with van der Waals surface area (Å²) < 4.78 is 18.2. The number of alkyl halides is 1. The third-order valence-electron chi connectivity index (χ3n) is 2.48. The summed E-state index contributed by atoms with van der Waals surface area (Å²) in [6, 6.07) is 4.17. The molecule has 2 unspecified atom stereocenters. The maximum Gasteiger partial charge on any atom is 0.128 e. The highest BCUT2D eigenvalue weighted by Crippen LogP contribution is 2.39. The lowest BCUT2D eigenvalue weighted by atomic mass is 9.90. The Bertz CT molecular complexity index is 365. The maximum absolute atomic E-state index is 12.9. The average Bonchev–Trinajstić information content (AvgIpc) is 2.12. The Morgan fingerprint density at radius 3 is 3.07 bits per heavy atom. The predicted molar refractivity (Wildman–Crippen MR) is 54.2 cm³/mol. The van der Waals surface area contributed by atoms with E-state index in [0.29, 0.717) is 17.9 Å². The van der Waals surface area contributed by atoms with Gasteiger partial charge in [-0.25, -0.2) is 4.39 Å². The molecule has 14 heavy (non-hydrogen) atoms. The first kappa shape index (κ1) is 9.93. The summed E-state index contributed by atoms with van der Waals surface area (Å²) in [6.45, 7) is 2.02. The molecule has 1 aliphatic rings. The van der Waals surface area contributed by atoms with Gasteiger partial charge in [-0.2, -0.15) is 0 Å². The van der Waals surface area contributed by atoms with E-state index in [1.165, 1.54) is 12.1 Å². The number of aliphatic hydroxyl groups is 1. The second-order valence-electron chi connectivity index (χ2n) is 3.57. The summed E-state index contributed by atoms with van der Waals surface area (Å²) >= 11 is 3.33. The van der Waals surface area contributed by atoms with Crippen LogP contribution in [0.1, 0.15) is 12.5 Å². The van der Waals surface area contributed by atoms with Gasteiger partial charge in [-0.1, -0.05) is 15.9 Å². The van der Waals surface area contributed by atoms with Crippen molar-refractivity contribution in [3.63, 3.8) is 0 Å². The standard InChI is InChI=1S/C10H10BrFO2/c1-10(13)7-3-2-6(12)4-8(7)14-5-9(10)11/h2-4,9,13H,5H2,1H3. The van der Waals surface area contributed by atoms with Crippen molar-refractivity contribution in [2.75, 3.05) is 6.61 Å². The fraction of sp³-hybridized carbons (Fsp3) is 0.400. The van der Waals surface area contributed by atoms with Crippen LogP contribution in [0.15, 0.2) is 18.2 Å². The Morgan fingerprint density at radius 1 is 1.64 bits per heavy atom. The zero-order valence-electron chi connectivity index (χ0n) is 7.63. The van der Waals surface area contributed by atoms with Crippen LogP contribution < -0.4 is 4.74 Å². The minimum atomic E-state index is -1.01. The molecule has 1 aromatic carbocycles. The van der Waals surface area contributed by atoms with E-state index in [2.05, 4.69) is 15.9 Å². The molecule has 0 spiro atoms. The number of hydrogen-bond acceptors (Lipinski definition) is 2. The van der Waals surface area contributed by atoms with Crippen LogP contribution in [0.4, 0.5) is 4.39 Å². The molecule has 2 rings (SSSR count). The Labute approximate surface area is 89.8 Å². The summed E-state index contributed by atoms with van der Waals surface area (Å²) in [7, 11) is 0. The number of fused-ring (bicyclic) bond motifs is 1. The van der Waals surface area contributed by atoms with Crippen molar-refractivity contribution < 1.29 is 14.2 Å². The highest BCUT2D eigenvalue weighted by molar-refractivity contribution is 9.09. The molecule has 4 heteroatoms. The van der Waals surface area contributed by atoms with E-state index < -0.39 is 5.60 Å². The zero-order chi connectivity index (χ0) is 10.3. The molecule has 76 valence electrons. The molecule has 1 aliphatic heterocycles. The molecule has 0 amide bonds.